The van der Waals surface area contributed by atoms with Crippen LogP contribution in [-0.4, -0.2) is 42.0 Å². The summed E-state index contributed by atoms with van der Waals surface area (Å²) in [6.07, 6.45) is 0. The Morgan fingerprint density at radius 1 is 1.07 bits per heavy atom. The number of carbonyl (C=O) groups is 2. The van der Waals surface area contributed by atoms with E-state index >= 15 is 0 Å². The molecule has 1 aromatic heterocycles. The van der Waals surface area contributed by atoms with Crippen molar-refractivity contribution in [3.63, 3.8) is 0 Å². The number of ether oxygens (including phenoxy) is 2. The summed E-state index contributed by atoms with van der Waals surface area (Å²) < 4.78 is 11.9. The van der Waals surface area contributed by atoms with Gasteiger partial charge in [-0.15, -0.1) is 10.2 Å². The highest BCUT2D eigenvalue weighted by molar-refractivity contribution is 9.10. The SMILES string of the molecule is COc1ccc(C(=O)Nc2nnc(SCC(=O)Nc3ccc(Br)cc3)s2)c(OC)c1. The molecule has 0 saturated heterocycles. The number of carbonyl (C=O) groups excluding carboxylic acids is 2. The molecule has 0 radical (unpaired) electrons. The molecule has 0 aliphatic rings. The van der Waals surface area contributed by atoms with E-state index < -0.39 is 0 Å². The molecule has 2 N–H and O–H groups in total. The van der Waals surface area contributed by atoms with Crippen molar-refractivity contribution >= 4 is 61.7 Å². The maximum atomic E-state index is 12.5. The van der Waals surface area contributed by atoms with Crippen molar-refractivity contribution in [1.29, 1.82) is 0 Å². The van der Waals surface area contributed by atoms with Gasteiger partial charge in [-0.3, -0.25) is 14.9 Å². The number of amides is 2. The number of benzene rings is 2. The molecule has 3 rings (SSSR count). The first kappa shape index (κ1) is 22.1. The van der Waals surface area contributed by atoms with Gasteiger partial charge in [0.15, 0.2) is 4.34 Å². The van der Waals surface area contributed by atoms with E-state index in [1.165, 1.54) is 37.3 Å². The Kier molecular flexibility index (Phi) is 7.66. The van der Waals surface area contributed by atoms with Gasteiger partial charge in [-0.1, -0.05) is 39.0 Å². The largest absolute Gasteiger partial charge is 0.497 e. The summed E-state index contributed by atoms with van der Waals surface area (Å²) in [5.41, 5.74) is 1.05. The lowest BCUT2D eigenvalue weighted by Crippen LogP contribution is -2.13. The molecule has 0 unspecified atom stereocenters. The van der Waals surface area contributed by atoms with Crippen molar-refractivity contribution in [3.05, 3.63) is 52.5 Å². The fraction of sp³-hybridized carbons (Fsp3) is 0.158. The second kappa shape index (κ2) is 10.4. The number of halogens is 1. The molecule has 0 saturated carbocycles. The number of rotatable bonds is 8. The van der Waals surface area contributed by atoms with Gasteiger partial charge in [0.25, 0.3) is 5.91 Å². The quantitative estimate of drug-likeness (QED) is 0.345. The van der Waals surface area contributed by atoms with Crippen molar-refractivity contribution in [2.24, 2.45) is 0 Å². The van der Waals surface area contributed by atoms with Crippen LogP contribution in [0.4, 0.5) is 10.8 Å². The summed E-state index contributed by atoms with van der Waals surface area (Å²) in [6.45, 7) is 0. The third-order valence-electron chi connectivity index (χ3n) is 3.73. The number of nitrogens with zero attached hydrogens (tertiary/aromatic N) is 2. The summed E-state index contributed by atoms with van der Waals surface area (Å²) in [6, 6.07) is 12.2. The van der Waals surface area contributed by atoms with Crippen LogP contribution in [0.2, 0.25) is 0 Å². The second-order valence-electron chi connectivity index (χ2n) is 5.74. The smallest absolute Gasteiger partial charge is 0.261 e. The molecule has 3 aromatic rings. The molecule has 2 amide bonds. The van der Waals surface area contributed by atoms with E-state index in [4.69, 9.17) is 9.47 Å². The molecular weight excluding hydrogens is 492 g/mol. The highest BCUT2D eigenvalue weighted by Crippen LogP contribution is 2.28. The Hall–Kier alpha value is -2.63. The molecule has 2 aromatic carbocycles. The van der Waals surface area contributed by atoms with E-state index in [0.717, 1.165) is 4.47 Å². The Morgan fingerprint density at radius 2 is 1.83 bits per heavy atom. The summed E-state index contributed by atoms with van der Waals surface area (Å²) in [7, 11) is 3.01. The van der Waals surface area contributed by atoms with Gasteiger partial charge in [-0.25, -0.2) is 0 Å². The zero-order chi connectivity index (χ0) is 21.5. The van der Waals surface area contributed by atoms with Crippen molar-refractivity contribution in [1.82, 2.24) is 10.2 Å². The first-order chi connectivity index (χ1) is 14.5. The summed E-state index contributed by atoms with van der Waals surface area (Å²) in [5.74, 6) is 0.599. The minimum Gasteiger partial charge on any atom is -0.497 e. The van der Waals surface area contributed by atoms with Gasteiger partial charge in [0.2, 0.25) is 11.0 Å². The summed E-state index contributed by atoms with van der Waals surface area (Å²) in [4.78, 5) is 24.6. The number of nitrogens with one attached hydrogen (secondary N) is 2. The molecule has 0 aliphatic carbocycles. The van der Waals surface area contributed by atoms with E-state index in [9.17, 15) is 9.59 Å². The first-order valence-electron chi connectivity index (χ1n) is 8.53. The van der Waals surface area contributed by atoms with E-state index in [1.54, 1.807) is 30.3 Å². The molecule has 0 bridgehead atoms. The predicted molar refractivity (Wildman–Crippen MR) is 121 cm³/mol. The van der Waals surface area contributed by atoms with E-state index in [1.807, 2.05) is 12.1 Å². The standard InChI is InChI=1S/C19H17BrN4O4S2/c1-27-13-7-8-14(15(9-13)28-2)17(26)22-18-23-24-19(30-18)29-10-16(25)21-12-5-3-11(20)4-6-12/h3-9H,10H2,1-2H3,(H,21,25)(H,22,23,26). The Bertz CT molecular complexity index is 1040. The molecule has 0 atom stereocenters. The lowest BCUT2D eigenvalue weighted by molar-refractivity contribution is -0.113. The van der Waals surface area contributed by atoms with Crippen LogP contribution in [0.25, 0.3) is 0 Å². The van der Waals surface area contributed by atoms with Gasteiger partial charge in [0.1, 0.15) is 11.5 Å². The molecular formula is C19H17BrN4O4S2. The number of thioether (sulfide) groups is 1. The highest BCUT2D eigenvalue weighted by Gasteiger charge is 2.16. The molecule has 0 fully saturated rings. The average molecular weight is 509 g/mol. The van der Waals surface area contributed by atoms with Crippen molar-refractivity contribution < 1.29 is 19.1 Å². The zero-order valence-electron chi connectivity index (χ0n) is 16.0. The van der Waals surface area contributed by atoms with Crippen molar-refractivity contribution in [2.45, 2.75) is 4.34 Å². The maximum absolute atomic E-state index is 12.5. The fourth-order valence-corrected chi connectivity index (χ4v) is 4.14. The highest BCUT2D eigenvalue weighted by atomic mass is 79.9. The van der Waals surface area contributed by atoms with Gasteiger partial charge < -0.3 is 14.8 Å². The molecule has 30 heavy (non-hydrogen) atoms. The Balaban J connectivity index is 1.55. The summed E-state index contributed by atoms with van der Waals surface area (Å²) >= 11 is 5.77. The monoisotopic (exact) mass is 508 g/mol. The normalized spacial score (nSPS) is 10.4. The summed E-state index contributed by atoms with van der Waals surface area (Å²) in [5, 5.41) is 13.8. The molecule has 156 valence electrons. The lowest BCUT2D eigenvalue weighted by Gasteiger charge is -2.09. The Labute approximate surface area is 189 Å². The zero-order valence-corrected chi connectivity index (χ0v) is 19.2. The van der Waals surface area contributed by atoms with Gasteiger partial charge in [0.05, 0.1) is 25.5 Å². The number of methoxy groups -OCH3 is 2. The minimum atomic E-state index is -0.379. The molecule has 11 heteroatoms. The predicted octanol–water partition coefficient (Wildman–Crippen LogP) is 4.30. The lowest BCUT2D eigenvalue weighted by atomic mass is 10.2. The third kappa shape index (κ3) is 5.94. The van der Waals surface area contributed by atoms with Crippen LogP contribution < -0.4 is 20.1 Å². The number of aromatic nitrogens is 2. The van der Waals surface area contributed by atoms with E-state index in [0.29, 0.717) is 32.2 Å². The van der Waals surface area contributed by atoms with Gasteiger partial charge in [-0.05, 0) is 36.4 Å². The number of anilines is 2. The Morgan fingerprint density at radius 3 is 2.53 bits per heavy atom. The van der Waals surface area contributed by atoms with Gasteiger partial charge in [0, 0.05) is 16.2 Å². The topological polar surface area (TPSA) is 102 Å². The van der Waals surface area contributed by atoms with Crippen LogP contribution in [0.5, 0.6) is 11.5 Å². The molecule has 0 aliphatic heterocycles. The van der Waals surface area contributed by atoms with Crippen LogP contribution in [-0.2, 0) is 4.79 Å². The molecule has 8 nitrogen and oxygen atoms in total. The van der Waals surface area contributed by atoms with Crippen LogP contribution >= 0.6 is 39.0 Å². The molecule has 0 spiro atoms. The van der Waals surface area contributed by atoms with Crippen LogP contribution in [0.3, 0.4) is 0 Å². The van der Waals surface area contributed by atoms with Gasteiger partial charge >= 0.3 is 0 Å². The second-order valence-corrected chi connectivity index (χ2v) is 8.85. The molecule has 1 heterocycles. The maximum Gasteiger partial charge on any atom is 0.261 e. The minimum absolute atomic E-state index is 0.161. The third-order valence-corrected chi connectivity index (χ3v) is 6.24. The van der Waals surface area contributed by atoms with Gasteiger partial charge in [-0.2, -0.15) is 0 Å². The van der Waals surface area contributed by atoms with Crippen LogP contribution in [0, 0.1) is 0 Å². The van der Waals surface area contributed by atoms with Crippen molar-refractivity contribution in [3.8, 4) is 11.5 Å². The van der Waals surface area contributed by atoms with E-state index in [-0.39, 0.29) is 17.6 Å². The average Bonchev–Trinajstić information content (AvgIpc) is 3.20. The van der Waals surface area contributed by atoms with Crippen molar-refractivity contribution in [2.75, 3.05) is 30.6 Å². The first-order valence-corrected chi connectivity index (χ1v) is 11.1. The van der Waals surface area contributed by atoms with Crippen LogP contribution in [0.15, 0.2) is 51.3 Å². The number of hydrogen-bond donors (Lipinski definition) is 2. The van der Waals surface area contributed by atoms with E-state index in [2.05, 4.69) is 36.8 Å². The fourth-order valence-electron chi connectivity index (χ4n) is 2.33. The number of hydrogen-bond acceptors (Lipinski definition) is 8. The van der Waals surface area contributed by atoms with Crippen LogP contribution in [0.1, 0.15) is 10.4 Å².